The highest BCUT2D eigenvalue weighted by Gasteiger charge is 2.44. The summed E-state index contributed by atoms with van der Waals surface area (Å²) in [7, 11) is -5.84. The van der Waals surface area contributed by atoms with Crippen LogP contribution in [0.3, 0.4) is 0 Å². The van der Waals surface area contributed by atoms with Gasteiger partial charge < -0.3 is 0 Å². The van der Waals surface area contributed by atoms with Crippen LogP contribution in [0.25, 0.3) is 0 Å². The van der Waals surface area contributed by atoms with Crippen molar-refractivity contribution < 1.29 is 26.1 Å². The highest BCUT2D eigenvalue weighted by Crippen LogP contribution is 2.27. The van der Waals surface area contributed by atoms with Crippen LogP contribution in [0.4, 0.5) is 13.2 Å². The number of alkyl halides is 3. The average Bonchev–Trinajstić information content (AvgIpc) is 2.63. The van der Waals surface area contributed by atoms with E-state index in [4.69, 9.17) is 13.0 Å². The number of nitrogens with zero attached hydrogens (tertiary/aromatic N) is 1. The molecule has 0 aromatic carbocycles. The van der Waals surface area contributed by atoms with Crippen LogP contribution in [0.15, 0.2) is 4.99 Å². The molecular formula is C8H14F3NO3S3. The first-order valence-corrected chi connectivity index (χ1v) is 8.42. The second-order valence-corrected chi connectivity index (χ2v) is 7.12. The van der Waals surface area contributed by atoms with E-state index in [1.54, 1.807) is 11.8 Å². The Kier molecular flexibility index (Phi) is 7.04. The number of hydrogen-bond acceptors (Lipinski definition) is 5. The Morgan fingerprint density at radius 3 is 2.11 bits per heavy atom. The highest BCUT2D eigenvalue weighted by molar-refractivity contribution is 8.38. The molecule has 0 bridgehead atoms. The number of thioether (sulfide) groups is 2. The molecule has 1 rings (SSSR count). The third-order valence-electron chi connectivity index (χ3n) is 1.89. The van der Waals surface area contributed by atoms with Crippen molar-refractivity contribution in [3.63, 3.8) is 0 Å². The Bertz CT molecular complexity index is 392. The Balaban J connectivity index is 0.000000331. The highest BCUT2D eigenvalue weighted by atomic mass is 32.2. The molecule has 18 heavy (non-hydrogen) atoms. The van der Waals surface area contributed by atoms with Crippen LogP contribution in [-0.4, -0.2) is 40.9 Å². The summed E-state index contributed by atoms with van der Waals surface area (Å²) in [5.41, 5.74) is -5.53. The van der Waals surface area contributed by atoms with Crippen molar-refractivity contribution in [2.75, 3.05) is 12.0 Å². The molecule has 0 saturated heterocycles. The van der Waals surface area contributed by atoms with Gasteiger partial charge in [0, 0.05) is 5.75 Å². The maximum Gasteiger partial charge on any atom is 0.522 e. The summed E-state index contributed by atoms with van der Waals surface area (Å²) in [5, 5.41) is 0. The maximum atomic E-state index is 10.7. The Morgan fingerprint density at radius 1 is 1.50 bits per heavy atom. The minimum atomic E-state index is -5.84. The van der Waals surface area contributed by atoms with E-state index < -0.39 is 15.6 Å². The second kappa shape index (κ2) is 7.01. The molecule has 0 amide bonds. The normalized spacial score (nSPS) is 20.4. The third-order valence-corrected chi connectivity index (χ3v) is 4.64. The van der Waals surface area contributed by atoms with E-state index in [2.05, 4.69) is 25.1 Å². The van der Waals surface area contributed by atoms with E-state index >= 15 is 0 Å². The van der Waals surface area contributed by atoms with Crippen molar-refractivity contribution in [3.8, 4) is 0 Å². The minimum absolute atomic E-state index is 0.576. The fraction of sp³-hybridized carbons (Fsp3) is 0.875. The van der Waals surface area contributed by atoms with Gasteiger partial charge in [-0.1, -0.05) is 25.6 Å². The van der Waals surface area contributed by atoms with Crippen LogP contribution in [0.1, 0.15) is 13.8 Å². The van der Waals surface area contributed by atoms with E-state index in [1.165, 1.54) is 10.1 Å². The van der Waals surface area contributed by atoms with Crippen molar-refractivity contribution >= 4 is 38.0 Å². The van der Waals surface area contributed by atoms with Crippen molar-refractivity contribution in [2.24, 2.45) is 10.9 Å². The molecule has 1 N–H and O–H groups in total. The van der Waals surface area contributed by atoms with E-state index in [9.17, 15) is 13.2 Å². The second-order valence-electron chi connectivity index (χ2n) is 3.64. The number of aliphatic imine (C=N–C) groups is 1. The molecule has 108 valence electrons. The van der Waals surface area contributed by atoms with Crippen molar-refractivity contribution in [1.82, 2.24) is 0 Å². The Hall–Kier alpha value is 0.0700. The van der Waals surface area contributed by atoms with Crippen LogP contribution in [0.5, 0.6) is 0 Å². The Labute approximate surface area is 113 Å². The number of hydrogen-bond donors (Lipinski definition) is 1. The summed E-state index contributed by atoms with van der Waals surface area (Å²) in [6.07, 6.45) is 2.09. The lowest BCUT2D eigenvalue weighted by Crippen LogP contribution is -2.21. The summed E-state index contributed by atoms with van der Waals surface area (Å²) in [6.45, 7) is 4.47. The van der Waals surface area contributed by atoms with Crippen molar-refractivity contribution in [3.05, 3.63) is 0 Å². The average molecular weight is 325 g/mol. The third kappa shape index (κ3) is 6.30. The lowest BCUT2D eigenvalue weighted by molar-refractivity contribution is -0.0510. The van der Waals surface area contributed by atoms with E-state index in [0.717, 1.165) is 0 Å². The fourth-order valence-corrected chi connectivity index (χ4v) is 2.72. The van der Waals surface area contributed by atoms with E-state index in [1.807, 2.05) is 11.8 Å². The Morgan fingerprint density at radius 2 is 1.94 bits per heavy atom. The molecule has 1 aliphatic rings. The van der Waals surface area contributed by atoms with E-state index in [0.29, 0.717) is 12.0 Å². The first-order chi connectivity index (χ1) is 7.99. The van der Waals surface area contributed by atoms with Crippen LogP contribution in [0, 0.1) is 5.92 Å². The lowest BCUT2D eigenvalue weighted by atomic mass is 10.1. The maximum absolute atomic E-state index is 10.7. The monoisotopic (exact) mass is 325 g/mol. The van der Waals surface area contributed by atoms with Gasteiger partial charge in [-0.3, -0.25) is 9.55 Å². The quantitative estimate of drug-likeness (QED) is 0.593. The summed E-state index contributed by atoms with van der Waals surface area (Å²) >= 11 is 3.66. The molecule has 0 radical (unpaired) electrons. The van der Waals surface area contributed by atoms with Crippen molar-refractivity contribution in [2.45, 2.75) is 25.4 Å². The summed E-state index contributed by atoms with van der Waals surface area (Å²) in [4.78, 5) is 4.55. The minimum Gasteiger partial charge on any atom is -0.279 e. The smallest absolute Gasteiger partial charge is 0.279 e. The van der Waals surface area contributed by atoms with Gasteiger partial charge in [0.1, 0.15) is 4.38 Å². The van der Waals surface area contributed by atoms with Gasteiger partial charge in [0.25, 0.3) is 0 Å². The zero-order chi connectivity index (χ0) is 14.6. The fourth-order valence-electron chi connectivity index (χ4n) is 0.820. The molecule has 4 nitrogen and oxygen atoms in total. The largest absolute Gasteiger partial charge is 0.522 e. The zero-order valence-electron chi connectivity index (χ0n) is 9.93. The first-order valence-electron chi connectivity index (χ1n) is 4.77. The SMILES string of the molecule is CSC1=NC(C(C)C)CS1.O=S(=O)(O)C(F)(F)F. The predicted octanol–water partition coefficient (Wildman–Crippen LogP) is 2.87. The molecule has 0 aromatic rings. The molecule has 10 heteroatoms. The molecule has 0 aromatic heterocycles. The summed E-state index contributed by atoms with van der Waals surface area (Å²) in [6, 6.07) is 0.576. The molecular weight excluding hydrogens is 311 g/mol. The standard InChI is InChI=1S/C7H13NS2.CHF3O3S/c1-5(2)6-4-10-7(8-6)9-3;2-1(3,4)8(5,6)7/h5-6H,4H2,1-3H3;(H,5,6,7). The number of rotatable bonds is 1. The summed E-state index contributed by atoms with van der Waals surface area (Å²) in [5.74, 6) is 1.89. The van der Waals surface area contributed by atoms with Crippen LogP contribution in [-0.2, 0) is 10.1 Å². The van der Waals surface area contributed by atoms with Gasteiger partial charge in [-0.2, -0.15) is 21.6 Å². The zero-order valence-corrected chi connectivity index (χ0v) is 12.4. The molecule has 0 fully saturated rings. The van der Waals surface area contributed by atoms with Crippen molar-refractivity contribution in [1.29, 1.82) is 0 Å². The molecule has 1 unspecified atom stereocenters. The molecule has 0 aliphatic carbocycles. The van der Waals surface area contributed by atoms with Crippen LogP contribution in [0.2, 0.25) is 0 Å². The van der Waals surface area contributed by atoms with Crippen LogP contribution >= 0.6 is 23.5 Å². The topological polar surface area (TPSA) is 66.7 Å². The summed E-state index contributed by atoms with van der Waals surface area (Å²) < 4.78 is 58.8. The molecule has 0 saturated carbocycles. The molecule has 0 spiro atoms. The number of halogens is 3. The molecule has 1 atom stereocenters. The van der Waals surface area contributed by atoms with Gasteiger partial charge in [0.2, 0.25) is 0 Å². The van der Waals surface area contributed by atoms with Gasteiger partial charge in [0.15, 0.2) is 0 Å². The van der Waals surface area contributed by atoms with E-state index in [-0.39, 0.29) is 0 Å². The van der Waals surface area contributed by atoms with Crippen LogP contribution < -0.4 is 0 Å². The van der Waals surface area contributed by atoms with Gasteiger partial charge in [-0.25, -0.2) is 0 Å². The predicted molar refractivity (Wildman–Crippen MR) is 69.6 cm³/mol. The lowest BCUT2D eigenvalue weighted by Gasteiger charge is -2.07. The molecule has 1 aliphatic heterocycles. The first kappa shape index (κ1) is 18.1. The molecule has 1 heterocycles. The van der Waals surface area contributed by atoms with Gasteiger partial charge in [0.05, 0.1) is 6.04 Å². The van der Waals surface area contributed by atoms with Gasteiger partial charge >= 0.3 is 15.6 Å². The van der Waals surface area contributed by atoms with Gasteiger partial charge in [-0.15, -0.1) is 11.8 Å². The van der Waals surface area contributed by atoms with Gasteiger partial charge in [-0.05, 0) is 12.2 Å².